The summed E-state index contributed by atoms with van der Waals surface area (Å²) >= 11 is 1.66. The van der Waals surface area contributed by atoms with Gasteiger partial charge in [-0.05, 0) is 52.0 Å². The van der Waals surface area contributed by atoms with E-state index in [0.29, 0.717) is 18.6 Å². The van der Waals surface area contributed by atoms with Crippen LogP contribution in [0, 0.1) is 5.92 Å². The van der Waals surface area contributed by atoms with Gasteiger partial charge in [0.25, 0.3) is 0 Å². The van der Waals surface area contributed by atoms with Gasteiger partial charge in [0, 0.05) is 17.5 Å². The molecule has 0 aliphatic carbocycles. The van der Waals surface area contributed by atoms with E-state index < -0.39 is 23.7 Å². The molecule has 0 bridgehead atoms. The van der Waals surface area contributed by atoms with Gasteiger partial charge in [-0.2, -0.15) is 11.8 Å². The number of thioether (sulfide) groups is 1. The zero-order valence-electron chi connectivity index (χ0n) is 21.3. The summed E-state index contributed by atoms with van der Waals surface area (Å²) in [5.74, 6) is 0.454. The lowest BCUT2D eigenvalue weighted by atomic mass is 10.0. The van der Waals surface area contributed by atoms with Crippen molar-refractivity contribution in [2.75, 3.05) is 24.7 Å². The Morgan fingerprint density at radius 3 is 2.44 bits per heavy atom. The summed E-state index contributed by atoms with van der Waals surface area (Å²) in [7, 11) is 0. The zero-order valence-corrected chi connectivity index (χ0v) is 22.2. The van der Waals surface area contributed by atoms with Gasteiger partial charge in [-0.3, -0.25) is 19.7 Å². The van der Waals surface area contributed by atoms with Crippen molar-refractivity contribution < 1.29 is 23.9 Å². The summed E-state index contributed by atoms with van der Waals surface area (Å²) in [4.78, 5) is 40.6. The van der Waals surface area contributed by atoms with Crippen LogP contribution < -0.4 is 5.32 Å². The number of amides is 1. The van der Waals surface area contributed by atoms with E-state index in [1.54, 1.807) is 23.6 Å². The Balaban J connectivity index is 2.19. The van der Waals surface area contributed by atoms with Crippen LogP contribution in [0.15, 0.2) is 30.3 Å². The Labute approximate surface area is 208 Å². The molecule has 8 heteroatoms. The molecule has 1 fully saturated rings. The molecule has 0 aromatic heterocycles. The summed E-state index contributed by atoms with van der Waals surface area (Å²) in [6, 6.07) is 8.62. The quantitative estimate of drug-likeness (QED) is 0.501. The molecule has 1 aromatic carbocycles. The molecule has 190 valence electrons. The zero-order chi connectivity index (χ0) is 25.3. The third-order valence-corrected chi connectivity index (χ3v) is 6.73. The number of aryl methyl sites for hydroxylation is 1. The second-order valence-corrected chi connectivity index (χ2v) is 11.0. The number of hydrogen-bond donors (Lipinski definition) is 1. The number of nitrogens with zero attached hydrogens (tertiary/aromatic N) is 1. The second-order valence-electron chi connectivity index (χ2n) is 9.95. The van der Waals surface area contributed by atoms with Crippen LogP contribution in [0.2, 0.25) is 0 Å². The van der Waals surface area contributed by atoms with Crippen molar-refractivity contribution >= 4 is 29.6 Å². The Bertz CT molecular complexity index is 809. The molecule has 0 radical (unpaired) electrons. The van der Waals surface area contributed by atoms with Gasteiger partial charge in [-0.25, -0.2) is 0 Å². The first-order valence-electron chi connectivity index (χ1n) is 12.1. The number of ether oxygens (including phenoxy) is 2. The van der Waals surface area contributed by atoms with Crippen molar-refractivity contribution in [2.45, 2.75) is 78.1 Å². The fourth-order valence-corrected chi connectivity index (χ4v) is 5.34. The summed E-state index contributed by atoms with van der Waals surface area (Å²) in [6.07, 6.45) is 1.19. The monoisotopic (exact) mass is 492 g/mol. The van der Waals surface area contributed by atoms with Crippen molar-refractivity contribution in [1.29, 1.82) is 0 Å². The predicted molar refractivity (Wildman–Crippen MR) is 136 cm³/mol. The normalized spacial score (nSPS) is 20.1. The number of esters is 2. The second kappa shape index (κ2) is 13.1. The van der Waals surface area contributed by atoms with Crippen molar-refractivity contribution in [3.05, 3.63) is 35.9 Å². The SMILES string of the molecule is CCOC(=O)[C@@H](CCc1ccccc1)N[C@H]1CSC[C@@H](C(C)C)N(CC(=O)OC(C)(C)C)C1=O. The maximum Gasteiger partial charge on any atom is 0.326 e. The van der Waals surface area contributed by atoms with Gasteiger partial charge >= 0.3 is 11.9 Å². The lowest BCUT2D eigenvalue weighted by molar-refractivity contribution is -0.160. The van der Waals surface area contributed by atoms with Crippen molar-refractivity contribution in [3.63, 3.8) is 0 Å². The molecule has 3 atom stereocenters. The van der Waals surface area contributed by atoms with E-state index in [2.05, 4.69) is 19.2 Å². The largest absolute Gasteiger partial charge is 0.465 e. The van der Waals surface area contributed by atoms with E-state index in [4.69, 9.17) is 9.47 Å². The predicted octanol–water partition coefficient (Wildman–Crippen LogP) is 3.45. The molecule has 0 saturated carbocycles. The average Bonchev–Trinajstić information content (AvgIpc) is 2.90. The number of hydrogen-bond acceptors (Lipinski definition) is 7. The molecular formula is C26H40N2O5S. The first kappa shape index (κ1) is 28.2. The van der Waals surface area contributed by atoms with E-state index in [0.717, 1.165) is 11.3 Å². The molecule has 34 heavy (non-hydrogen) atoms. The lowest BCUT2D eigenvalue weighted by Gasteiger charge is -2.34. The number of nitrogens with one attached hydrogen (secondary N) is 1. The Morgan fingerprint density at radius 2 is 1.85 bits per heavy atom. The van der Waals surface area contributed by atoms with Crippen LogP contribution in [0.5, 0.6) is 0 Å². The first-order valence-corrected chi connectivity index (χ1v) is 13.2. The maximum atomic E-state index is 13.6. The molecule has 0 spiro atoms. The molecule has 1 aliphatic rings. The molecule has 0 unspecified atom stereocenters. The molecule has 1 aromatic rings. The van der Waals surface area contributed by atoms with Crippen molar-refractivity contribution in [3.8, 4) is 0 Å². The highest BCUT2D eigenvalue weighted by Crippen LogP contribution is 2.24. The van der Waals surface area contributed by atoms with Gasteiger partial charge in [0.2, 0.25) is 5.91 Å². The van der Waals surface area contributed by atoms with Crippen LogP contribution in [-0.2, 0) is 30.3 Å². The third kappa shape index (κ3) is 8.95. The van der Waals surface area contributed by atoms with E-state index in [1.165, 1.54) is 0 Å². The maximum absolute atomic E-state index is 13.6. The van der Waals surface area contributed by atoms with Gasteiger partial charge in [0.15, 0.2) is 0 Å². The molecule has 1 heterocycles. The summed E-state index contributed by atoms with van der Waals surface area (Å²) in [5, 5.41) is 3.27. The fourth-order valence-electron chi connectivity index (χ4n) is 3.92. The van der Waals surface area contributed by atoms with Crippen LogP contribution >= 0.6 is 11.8 Å². The van der Waals surface area contributed by atoms with Crippen molar-refractivity contribution in [2.24, 2.45) is 5.92 Å². The average molecular weight is 493 g/mol. The molecule has 1 aliphatic heterocycles. The van der Waals surface area contributed by atoms with E-state index in [1.807, 2.05) is 51.1 Å². The molecule has 2 rings (SSSR count). The highest BCUT2D eigenvalue weighted by Gasteiger charge is 2.38. The van der Waals surface area contributed by atoms with E-state index in [-0.39, 0.29) is 37.0 Å². The molecular weight excluding hydrogens is 452 g/mol. The molecule has 7 nitrogen and oxygen atoms in total. The minimum Gasteiger partial charge on any atom is -0.465 e. The minimum absolute atomic E-state index is 0.0952. The minimum atomic E-state index is -0.627. The van der Waals surface area contributed by atoms with Crippen LogP contribution in [0.3, 0.4) is 0 Å². The van der Waals surface area contributed by atoms with Gasteiger partial charge < -0.3 is 14.4 Å². The topological polar surface area (TPSA) is 84.9 Å². The lowest BCUT2D eigenvalue weighted by Crippen LogP contribution is -2.56. The van der Waals surface area contributed by atoms with Crippen LogP contribution in [0.1, 0.15) is 53.5 Å². The Morgan fingerprint density at radius 1 is 1.18 bits per heavy atom. The number of benzene rings is 1. The van der Waals surface area contributed by atoms with Crippen LogP contribution in [0.25, 0.3) is 0 Å². The van der Waals surface area contributed by atoms with Gasteiger partial charge in [0.1, 0.15) is 18.2 Å². The number of rotatable bonds is 10. The number of carbonyl (C=O) groups is 3. The Kier molecular flexibility index (Phi) is 10.9. The molecule has 1 N–H and O–H groups in total. The fraction of sp³-hybridized carbons (Fsp3) is 0.654. The van der Waals surface area contributed by atoms with Crippen LogP contribution in [0.4, 0.5) is 0 Å². The third-order valence-electron chi connectivity index (χ3n) is 5.58. The summed E-state index contributed by atoms with van der Waals surface area (Å²) < 4.78 is 10.8. The summed E-state index contributed by atoms with van der Waals surface area (Å²) in [5.41, 5.74) is 0.490. The van der Waals surface area contributed by atoms with E-state index >= 15 is 0 Å². The van der Waals surface area contributed by atoms with E-state index in [9.17, 15) is 14.4 Å². The van der Waals surface area contributed by atoms with Crippen LogP contribution in [-0.4, -0.2) is 71.1 Å². The van der Waals surface area contributed by atoms with Gasteiger partial charge in [-0.1, -0.05) is 44.2 Å². The van der Waals surface area contributed by atoms with Crippen molar-refractivity contribution in [1.82, 2.24) is 10.2 Å². The standard InChI is InChI=1S/C26H40N2O5S/c1-7-32-25(31)20(14-13-19-11-9-8-10-12-19)27-21-16-34-17-22(18(2)3)28(24(21)30)15-23(29)33-26(4,5)6/h8-12,18,20-22,27H,7,13-17H2,1-6H3/t20-,21+,22+/m1/s1. The van der Waals surface area contributed by atoms with Gasteiger partial charge in [0.05, 0.1) is 12.6 Å². The Hall–Kier alpha value is -2.06. The summed E-state index contributed by atoms with van der Waals surface area (Å²) in [6.45, 7) is 11.5. The molecule has 1 amide bonds. The smallest absolute Gasteiger partial charge is 0.326 e. The highest BCUT2D eigenvalue weighted by molar-refractivity contribution is 7.99. The number of carbonyl (C=O) groups excluding carboxylic acids is 3. The van der Waals surface area contributed by atoms with Gasteiger partial charge in [-0.15, -0.1) is 0 Å². The molecule has 1 saturated heterocycles. The first-order chi connectivity index (χ1) is 16.0. The highest BCUT2D eigenvalue weighted by atomic mass is 32.2.